The van der Waals surface area contributed by atoms with E-state index in [-0.39, 0.29) is 17.1 Å². The van der Waals surface area contributed by atoms with E-state index in [9.17, 15) is 10.1 Å². The number of rotatable bonds is 5. The second-order valence-electron chi connectivity index (χ2n) is 5.85. The Labute approximate surface area is 145 Å². The first kappa shape index (κ1) is 16.7. The van der Waals surface area contributed by atoms with Gasteiger partial charge in [-0.25, -0.2) is 4.98 Å². The third-order valence-electron chi connectivity index (χ3n) is 4.17. The highest BCUT2D eigenvalue weighted by Crippen LogP contribution is 2.33. The Hall–Kier alpha value is -3.14. The predicted octanol–water partition coefficient (Wildman–Crippen LogP) is 3.21. The summed E-state index contributed by atoms with van der Waals surface area (Å²) in [5.41, 5.74) is 2.08. The van der Waals surface area contributed by atoms with Gasteiger partial charge in [0.1, 0.15) is 17.4 Å². The number of nitriles is 1. The zero-order valence-electron chi connectivity index (χ0n) is 13.9. The Morgan fingerprint density at radius 2 is 2.24 bits per heavy atom. The van der Waals surface area contributed by atoms with Gasteiger partial charge < -0.3 is 9.64 Å². The number of aromatic nitrogens is 1. The van der Waals surface area contributed by atoms with Crippen LogP contribution in [-0.2, 0) is 13.0 Å². The zero-order chi connectivity index (χ0) is 17.8. The number of hydrogen-bond donors (Lipinski definition) is 0. The first-order chi connectivity index (χ1) is 12.1. The third kappa shape index (κ3) is 3.38. The van der Waals surface area contributed by atoms with Gasteiger partial charge in [0, 0.05) is 19.3 Å². The van der Waals surface area contributed by atoms with E-state index in [1.165, 1.54) is 17.8 Å². The fourth-order valence-electron chi connectivity index (χ4n) is 2.96. The smallest absolute Gasteiger partial charge is 0.329 e. The van der Waals surface area contributed by atoms with Crippen LogP contribution < -0.4 is 9.64 Å². The summed E-state index contributed by atoms with van der Waals surface area (Å²) in [6, 6.07) is 9.20. The summed E-state index contributed by atoms with van der Waals surface area (Å²) in [5.74, 6) is 1.10. The van der Waals surface area contributed by atoms with Crippen LogP contribution in [0, 0.1) is 21.4 Å². The van der Waals surface area contributed by atoms with E-state index in [2.05, 4.69) is 11.9 Å². The minimum Gasteiger partial charge on any atom is -0.494 e. The van der Waals surface area contributed by atoms with E-state index < -0.39 is 4.92 Å². The highest BCUT2D eigenvalue weighted by Gasteiger charge is 2.28. The Balaban J connectivity index is 1.89. The van der Waals surface area contributed by atoms with Crippen molar-refractivity contribution < 1.29 is 9.66 Å². The van der Waals surface area contributed by atoms with E-state index >= 15 is 0 Å². The summed E-state index contributed by atoms with van der Waals surface area (Å²) in [6.45, 7) is 3.87. The van der Waals surface area contributed by atoms with Gasteiger partial charge in [-0.3, -0.25) is 10.1 Å². The number of pyridine rings is 1. The average molecular weight is 338 g/mol. The summed E-state index contributed by atoms with van der Waals surface area (Å²) >= 11 is 0. The Bertz CT molecular complexity index is 845. The summed E-state index contributed by atoms with van der Waals surface area (Å²) < 4.78 is 5.66. The van der Waals surface area contributed by atoms with Crippen LogP contribution in [0.4, 0.5) is 11.5 Å². The Kier molecular flexibility index (Phi) is 4.80. The Morgan fingerprint density at radius 1 is 1.40 bits per heavy atom. The summed E-state index contributed by atoms with van der Waals surface area (Å²) in [5, 5.41) is 20.5. The van der Waals surface area contributed by atoms with Crippen molar-refractivity contribution >= 4 is 11.5 Å². The van der Waals surface area contributed by atoms with Crippen LogP contribution in [0.2, 0.25) is 0 Å². The molecule has 2 aromatic rings. The highest BCUT2D eigenvalue weighted by molar-refractivity contribution is 5.66. The number of hydrogen-bond acceptors (Lipinski definition) is 6. The molecule has 0 N–H and O–H groups in total. The third-order valence-corrected chi connectivity index (χ3v) is 4.17. The van der Waals surface area contributed by atoms with E-state index in [0.717, 1.165) is 24.2 Å². The largest absolute Gasteiger partial charge is 0.494 e. The van der Waals surface area contributed by atoms with Gasteiger partial charge in [-0.05, 0) is 42.2 Å². The van der Waals surface area contributed by atoms with Crippen LogP contribution in [0.5, 0.6) is 5.75 Å². The topological polar surface area (TPSA) is 92.3 Å². The van der Waals surface area contributed by atoms with Crippen molar-refractivity contribution in [1.29, 1.82) is 5.26 Å². The molecular formula is C18H18N4O3. The van der Waals surface area contributed by atoms with Crippen LogP contribution in [0.3, 0.4) is 0 Å². The van der Waals surface area contributed by atoms with Gasteiger partial charge in [0.05, 0.1) is 11.5 Å². The zero-order valence-corrected chi connectivity index (χ0v) is 13.9. The molecule has 0 saturated heterocycles. The van der Waals surface area contributed by atoms with E-state index in [1.807, 2.05) is 29.2 Å². The molecule has 1 aromatic carbocycles. The molecule has 0 fully saturated rings. The van der Waals surface area contributed by atoms with Crippen molar-refractivity contribution in [2.75, 3.05) is 18.1 Å². The lowest BCUT2D eigenvalue weighted by molar-refractivity contribution is -0.384. The number of benzene rings is 1. The van der Waals surface area contributed by atoms with Crippen LogP contribution in [0.1, 0.15) is 30.0 Å². The molecule has 0 unspecified atom stereocenters. The molecule has 2 heterocycles. The van der Waals surface area contributed by atoms with Crippen molar-refractivity contribution in [2.45, 2.75) is 26.3 Å². The fraction of sp³-hybridized carbons (Fsp3) is 0.333. The van der Waals surface area contributed by atoms with Crippen LogP contribution in [0.15, 0.2) is 30.5 Å². The van der Waals surface area contributed by atoms with Crippen molar-refractivity contribution in [3.63, 3.8) is 0 Å². The minimum atomic E-state index is -0.530. The molecular weight excluding hydrogens is 320 g/mol. The molecule has 1 aromatic heterocycles. The molecule has 0 radical (unpaired) electrons. The molecule has 0 amide bonds. The maximum absolute atomic E-state index is 11.4. The molecule has 7 heteroatoms. The fourth-order valence-corrected chi connectivity index (χ4v) is 2.96. The average Bonchev–Trinajstić information content (AvgIpc) is 2.64. The standard InChI is InChI=1S/C18H18N4O3/c1-2-9-25-16-4-3-15-12-21(8-6-13(15)10-16)18-17(22(23)24)14(11-19)5-7-20-18/h3-5,7,10H,2,6,8-9,12H2,1H3. The molecule has 1 aliphatic rings. The van der Waals surface area contributed by atoms with Crippen LogP contribution >= 0.6 is 0 Å². The Morgan fingerprint density at radius 3 is 2.96 bits per heavy atom. The van der Waals surface area contributed by atoms with Crippen molar-refractivity contribution in [3.05, 3.63) is 57.3 Å². The van der Waals surface area contributed by atoms with Crippen LogP contribution in [0.25, 0.3) is 0 Å². The molecule has 0 bridgehead atoms. The second-order valence-corrected chi connectivity index (χ2v) is 5.85. The van der Waals surface area contributed by atoms with Gasteiger partial charge in [-0.2, -0.15) is 5.26 Å². The number of nitro groups is 1. The van der Waals surface area contributed by atoms with E-state index in [0.29, 0.717) is 19.7 Å². The van der Waals surface area contributed by atoms with Crippen molar-refractivity contribution in [3.8, 4) is 11.8 Å². The lowest BCUT2D eigenvalue weighted by Gasteiger charge is -2.29. The van der Waals surface area contributed by atoms with Gasteiger partial charge in [0.15, 0.2) is 0 Å². The molecule has 128 valence electrons. The summed E-state index contributed by atoms with van der Waals surface area (Å²) in [4.78, 5) is 16.9. The second kappa shape index (κ2) is 7.18. The van der Waals surface area contributed by atoms with Gasteiger partial charge in [0.25, 0.3) is 0 Å². The molecule has 0 aliphatic carbocycles. The lowest BCUT2D eigenvalue weighted by Crippen LogP contribution is -2.31. The van der Waals surface area contributed by atoms with Crippen LogP contribution in [-0.4, -0.2) is 23.1 Å². The number of fused-ring (bicyclic) bond motifs is 1. The number of anilines is 1. The summed E-state index contributed by atoms with van der Waals surface area (Å²) in [6.07, 6.45) is 3.14. The number of ether oxygens (including phenoxy) is 1. The minimum absolute atomic E-state index is 0.0316. The molecule has 0 atom stereocenters. The van der Waals surface area contributed by atoms with E-state index in [4.69, 9.17) is 10.00 Å². The molecule has 0 spiro atoms. The lowest BCUT2D eigenvalue weighted by atomic mass is 9.99. The maximum atomic E-state index is 11.4. The maximum Gasteiger partial charge on any atom is 0.329 e. The number of nitrogens with zero attached hydrogens (tertiary/aromatic N) is 4. The molecule has 25 heavy (non-hydrogen) atoms. The first-order valence-corrected chi connectivity index (χ1v) is 8.17. The van der Waals surface area contributed by atoms with Gasteiger partial charge in [-0.15, -0.1) is 0 Å². The first-order valence-electron chi connectivity index (χ1n) is 8.17. The monoisotopic (exact) mass is 338 g/mol. The molecule has 0 saturated carbocycles. The van der Waals surface area contributed by atoms with Crippen molar-refractivity contribution in [1.82, 2.24) is 4.98 Å². The van der Waals surface area contributed by atoms with Gasteiger partial charge in [0.2, 0.25) is 5.82 Å². The van der Waals surface area contributed by atoms with E-state index in [1.54, 1.807) is 0 Å². The quantitative estimate of drug-likeness (QED) is 0.614. The molecule has 1 aliphatic heterocycles. The van der Waals surface area contributed by atoms with Gasteiger partial charge in [-0.1, -0.05) is 13.0 Å². The normalized spacial score (nSPS) is 13.0. The molecule has 7 nitrogen and oxygen atoms in total. The van der Waals surface area contributed by atoms with Crippen molar-refractivity contribution in [2.24, 2.45) is 0 Å². The SMILES string of the molecule is CCCOc1ccc2c(c1)CCN(c1nccc(C#N)c1[N+](=O)[O-])C2. The summed E-state index contributed by atoms with van der Waals surface area (Å²) in [7, 11) is 0. The van der Waals surface area contributed by atoms with Gasteiger partial charge >= 0.3 is 5.69 Å². The predicted molar refractivity (Wildman–Crippen MR) is 92.6 cm³/mol. The molecule has 3 rings (SSSR count). The highest BCUT2D eigenvalue weighted by atomic mass is 16.6.